The van der Waals surface area contributed by atoms with Crippen LogP contribution in [0.15, 0.2) is 0 Å². The van der Waals surface area contributed by atoms with Crippen LogP contribution in [0.5, 0.6) is 0 Å². The molecule has 2 fully saturated rings. The number of ether oxygens (including phenoxy) is 1. The lowest BCUT2D eigenvalue weighted by atomic mass is 10.3. The summed E-state index contributed by atoms with van der Waals surface area (Å²) in [5.74, 6) is -1.19. The maximum atomic E-state index is 11.9. The van der Waals surface area contributed by atoms with Crippen molar-refractivity contribution in [2.75, 3.05) is 39.3 Å². The van der Waals surface area contributed by atoms with Crippen molar-refractivity contribution in [1.82, 2.24) is 15.1 Å². The SMILES string of the molecule is O=C(O)C1CN(C(=O)NCC(=O)N2CCCC2)CCO1. The number of carbonyl (C=O) groups excluding carboxylic acids is 2. The molecule has 2 rings (SSSR count). The van der Waals surface area contributed by atoms with E-state index in [0.717, 1.165) is 25.9 Å². The number of aliphatic carboxylic acids is 1. The molecule has 8 heteroatoms. The molecule has 1 unspecified atom stereocenters. The molecule has 3 amide bonds. The standard InChI is InChI=1S/C12H19N3O5/c16-10(14-3-1-2-4-14)7-13-12(19)15-5-6-20-9(8-15)11(17)18/h9H,1-8H2,(H,13,19)(H,17,18). The van der Waals surface area contributed by atoms with E-state index in [4.69, 9.17) is 9.84 Å². The summed E-state index contributed by atoms with van der Waals surface area (Å²) < 4.78 is 5.03. The van der Waals surface area contributed by atoms with Gasteiger partial charge in [0.2, 0.25) is 5.91 Å². The molecule has 2 aliphatic heterocycles. The number of likely N-dealkylation sites (tertiary alicyclic amines) is 1. The number of urea groups is 1. The predicted molar refractivity (Wildman–Crippen MR) is 68.2 cm³/mol. The van der Waals surface area contributed by atoms with E-state index >= 15 is 0 Å². The summed E-state index contributed by atoms with van der Waals surface area (Å²) in [7, 11) is 0. The van der Waals surface area contributed by atoms with Gasteiger partial charge in [-0.3, -0.25) is 4.79 Å². The molecule has 2 N–H and O–H groups in total. The Hall–Kier alpha value is -1.83. The summed E-state index contributed by atoms with van der Waals surface area (Å²) in [4.78, 5) is 37.6. The van der Waals surface area contributed by atoms with Gasteiger partial charge in [0, 0.05) is 19.6 Å². The number of nitrogens with one attached hydrogen (secondary N) is 1. The average molecular weight is 285 g/mol. The number of amides is 3. The van der Waals surface area contributed by atoms with Crippen LogP contribution in [0.4, 0.5) is 4.79 Å². The molecule has 0 radical (unpaired) electrons. The molecule has 8 nitrogen and oxygen atoms in total. The lowest BCUT2D eigenvalue weighted by Crippen LogP contribution is -2.53. The van der Waals surface area contributed by atoms with Crippen molar-refractivity contribution in [3.63, 3.8) is 0 Å². The van der Waals surface area contributed by atoms with Gasteiger partial charge in [-0.25, -0.2) is 9.59 Å². The maximum Gasteiger partial charge on any atom is 0.334 e. The zero-order chi connectivity index (χ0) is 14.5. The Morgan fingerprint density at radius 2 is 1.85 bits per heavy atom. The zero-order valence-corrected chi connectivity index (χ0v) is 11.2. The van der Waals surface area contributed by atoms with E-state index < -0.39 is 18.1 Å². The van der Waals surface area contributed by atoms with Crippen molar-refractivity contribution < 1.29 is 24.2 Å². The molecular formula is C12H19N3O5. The molecule has 2 heterocycles. The minimum atomic E-state index is -1.09. The number of rotatable bonds is 3. The van der Waals surface area contributed by atoms with Crippen LogP contribution in [0.2, 0.25) is 0 Å². The fraction of sp³-hybridized carbons (Fsp3) is 0.750. The van der Waals surface area contributed by atoms with E-state index in [2.05, 4.69) is 5.32 Å². The van der Waals surface area contributed by atoms with E-state index in [9.17, 15) is 14.4 Å². The molecule has 0 spiro atoms. The summed E-state index contributed by atoms with van der Waals surface area (Å²) in [5, 5.41) is 11.4. The monoisotopic (exact) mass is 285 g/mol. The number of carbonyl (C=O) groups is 3. The van der Waals surface area contributed by atoms with Gasteiger partial charge >= 0.3 is 12.0 Å². The average Bonchev–Trinajstić information content (AvgIpc) is 2.98. The molecule has 0 aromatic carbocycles. The van der Waals surface area contributed by atoms with Crippen molar-refractivity contribution in [2.24, 2.45) is 0 Å². The Bertz CT molecular complexity index is 395. The minimum Gasteiger partial charge on any atom is -0.479 e. The Labute approximate surface area is 116 Å². The molecule has 112 valence electrons. The molecule has 0 bridgehead atoms. The fourth-order valence-electron chi connectivity index (χ4n) is 2.32. The van der Waals surface area contributed by atoms with Crippen LogP contribution in [0.25, 0.3) is 0 Å². The van der Waals surface area contributed by atoms with E-state index in [1.807, 2.05) is 0 Å². The molecule has 2 aliphatic rings. The van der Waals surface area contributed by atoms with Crippen molar-refractivity contribution in [3.05, 3.63) is 0 Å². The molecule has 0 aromatic heterocycles. The van der Waals surface area contributed by atoms with E-state index in [1.165, 1.54) is 4.90 Å². The second kappa shape index (κ2) is 6.56. The number of carboxylic acids is 1. The first-order chi connectivity index (χ1) is 9.58. The molecular weight excluding hydrogens is 266 g/mol. The first kappa shape index (κ1) is 14.6. The minimum absolute atomic E-state index is 0.000921. The quantitative estimate of drug-likeness (QED) is 0.700. The smallest absolute Gasteiger partial charge is 0.334 e. The van der Waals surface area contributed by atoms with Crippen LogP contribution in [0, 0.1) is 0 Å². The maximum absolute atomic E-state index is 11.9. The fourth-order valence-corrected chi connectivity index (χ4v) is 2.32. The van der Waals surface area contributed by atoms with Gasteiger partial charge in [-0.05, 0) is 12.8 Å². The number of carboxylic acid groups (broad SMARTS) is 1. The van der Waals surface area contributed by atoms with Crippen LogP contribution in [0.3, 0.4) is 0 Å². The van der Waals surface area contributed by atoms with Crippen LogP contribution in [-0.2, 0) is 14.3 Å². The summed E-state index contributed by atoms with van der Waals surface area (Å²) in [6.07, 6.45) is 1.01. The number of morpholine rings is 1. The van der Waals surface area contributed by atoms with Crippen LogP contribution in [-0.4, -0.2) is 78.2 Å². The highest BCUT2D eigenvalue weighted by Gasteiger charge is 2.29. The van der Waals surface area contributed by atoms with Gasteiger partial charge in [-0.2, -0.15) is 0 Å². The topological polar surface area (TPSA) is 99.2 Å². The van der Waals surface area contributed by atoms with Crippen LogP contribution in [0.1, 0.15) is 12.8 Å². The first-order valence-electron chi connectivity index (χ1n) is 6.73. The van der Waals surface area contributed by atoms with E-state index in [1.54, 1.807) is 4.90 Å². The van der Waals surface area contributed by atoms with E-state index in [0.29, 0.717) is 6.54 Å². The van der Waals surface area contributed by atoms with Crippen molar-refractivity contribution >= 4 is 17.9 Å². The second-order valence-corrected chi connectivity index (χ2v) is 4.89. The third kappa shape index (κ3) is 3.60. The lowest BCUT2D eigenvalue weighted by molar-refractivity contribution is -0.154. The summed E-state index contributed by atoms with van der Waals surface area (Å²) in [6.45, 7) is 1.95. The molecule has 1 atom stereocenters. The molecule has 20 heavy (non-hydrogen) atoms. The van der Waals surface area contributed by atoms with Gasteiger partial charge in [0.1, 0.15) is 0 Å². The highest BCUT2D eigenvalue weighted by Crippen LogP contribution is 2.08. The zero-order valence-electron chi connectivity index (χ0n) is 11.2. The molecule has 0 aliphatic carbocycles. The first-order valence-corrected chi connectivity index (χ1v) is 6.73. The third-order valence-electron chi connectivity index (χ3n) is 3.48. The Morgan fingerprint density at radius 3 is 2.50 bits per heavy atom. The van der Waals surface area contributed by atoms with Gasteiger partial charge in [0.05, 0.1) is 19.7 Å². The number of hydrogen-bond donors (Lipinski definition) is 2. The van der Waals surface area contributed by atoms with Crippen LogP contribution >= 0.6 is 0 Å². The van der Waals surface area contributed by atoms with Gasteiger partial charge in [-0.1, -0.05) is 0 Å². The third-order valence-corrected chi connectivity index (χ3v) is 3.48. The van der Waals surface area contributed by atoms with Gasteiger partial charge in [0.15, 0.2) is 6.10 Å². The molecule has 0 aromatic rings. The van der Waals surface area contributed by atoms with Crippen molar-refractivity contribution in [2.45, 2.75) is 18.9 Å². The summed E-state index contributed by atoms with van der Waals surface area (Å²) in [6, 6.07) is -0.424. The van der Waals surface area contributed by atoms with Gasteiger partial charge < -0.3 is 25.0 Å². The summed E-state index contributed by atoms with van der Waals surface area (Å²) >= 11 is 0. The normalized spacial score (nSPS) is 22.7. The number of hydrogen-bond acceptors (Lipinski definition) is 4. The molecule has 0 saturated carbocycles. The van der Waals surface area contributed by atoms with E-state index in [-0.39, 0.29) is 25.6 Å². The van der Waals surface area contributed by atoms with Crippen LogP contribution < -0.4 is 5.32 Å². The highest BCUT2D eigenvalue weighted by molar-refractivity contribution is 5.84. The largest absolute Gasteiger partial charge is 0.479 e. The Kier molecular flexibility index (Phi) is 4.78. The summed E-state index contributed by atoms with van der Waals surface area (Å²) in [5.41, 5.74) is 0. The highest BCUT2D eigenvalue weighted by atomic mass is 16.5. The Morgan fingerprint density at radius 1 is 1.15 bits per heavy atom. The van der Waals surface area contributed by atoms with Gasteiger partial charge in [-0.15, -0.1) is 0 Å². The molecule has 2 saturated heterocycles. The number of nitrogens with zero attached hydrogens (tertiary/aromatic N) is 2. The predicted octanol–water partition coefficient (Wildman–Crippen LogP) is -0.896. The van der Waals surface area contributed by atoms with Crippen molar-refractivity contribution in [1.29, 1.82) is 0 Å². The second-order valence-electron chi connectivity index (χ2n) is 4.89. The van der Waals surface area contributed by atoms with Crippen molar-refractivity contribution in [3.8, 4) is 0 Å². The lowest BCUT2D eigenvalue weighted by Gasteiger charge is -2.31. The van der Waals surface area contributed by atoms with Gasteiger partial charge in [0.25, 0.3) is 0 Å². The Balaban J connectivity index is 1.76.